The van der Waals surface area contributed by atoms with Gasteiger partial charge in [0.25, 0.3) is 0 Å². The van der Waals surface area contributed by atoms with Crippen LogP contribution in [0, 0.1) is 5.92 Å². The van der Waals surface area contributed by atoms with Gasteiger partial charge in [-0.1, -0.05) is 46.3 Å². The lowest BCUT2D eigenvalue weighted by Gasteiger charge is -2.15. The average molecular weight is 268 g/mol. The highest BCUT2D eigenvalue weighted by Crippen LogP contribution is 2.15. The van der Waals surface area contributed by atoms with Crippen LogP contribution in [0.1, 0.15) is 39.5 Å². The van der Waals surface area contributed by atoms with Gasteiger partial charge < -0.3 is 9.47 Å². The zero-order valence-corrected chi connectivity index (χ0v) is 12.2. The molecule has 108 valence electrons. The Morgan fingerprint density at radius 1 is 1.11 bits per heavy atom. The molecule has 0 aliphatic carbocycles. The van der Waals surface area contributed by atoms with Crippen LogP contribution in [0.5, 0.6) is 0 Å². The topological polar surface area (TPSA) is 52.6 Å². The van der Waals surface area contributed by atoms with Crippen molar-refractivity contribution in [1.29, 1.82) is 0 Å². The van der Waals surface area contributed by atoms with Crippen LogP contribution in [0.25, 0.3) is 0 Å². The van der Waals surface area contributed by atoms with Crippen molar-refractivity contribution in [2.45, 2.75) is 39.5 Å². The Labute approximate surface area is 115 Å². The van der Waals surface area contributed by atoms with Gasteiger partial charge in [0.05, 0.1) is 24.9 Å². The summed E-state index contributed by atoms with van der Waals surface area (Å²) >= 11 is 0. The fourth-order valence-corrected chi connectivity index (χ4v) is 1.55. The van der Waals surface area contributed by atoms with Gasteiger partial charge in [0.2, 0.25) is 0 Å². The number of ether oxygens (including phenoxy) is 2. The Morgan fingerprint density at radius 2 is 1.68 bits per heavy atom. The normalized spacial score (nSPS) is 11.5. The standard InChI is InChI=1S/C15H24O4/c1-6-8-9-13(7-2)10-19-15(17)12(4)11(3)14(16)18-5/h13H,3-4,6-10H2,1-2,5H3. The molecule has 0 fully saturated rings. The predicted molar refractivity (Wildman–Crippen MR) is 74.6 cm³/mol. The first-order valence-corrected chi connectivity index (χ1v) is 6.61. The third kappa shape index (κ3) is 6.22. The lowest BCUT2D eigenvalue weighted by molar-refractivity contribution is -0.142. The van der Waals surface area contributed by atoms with Gasteiger partial charge in [-0.3, -0.25) is 0 Å². The van der Waals surface area contributed by atoms with E-state index in [2.05, 4.69) is 31.7 Å². The molecule has 1 atom stereocenters. The molecule has 0 saturated heterocycles. The number of rotatable bonds is 9. The van der Waals surface area contributed by atoms with Crippen LogP contribution < -0.4 is 0 Å². The highest BCUT2D eigenvalue weighted by atomic mass is 16.5. The van der Waals surface area contributed by atoms with Gasteiger partial charge in [-0.2, -0.15) is 0 Å². The second-order valence-corrected chi connectivity index (χ2v) is 4.46. The minimum atomic E-state index is -0.667. The number of hydrogen-bond acceptors (Lipinski definition) is 4. The van der Waals surface area contributed by atoms with Gasteiger partial charge >= 0.3 is 11.9 Å². The average Bonchev–Trinajstić information content (AvgIpc) is 2.44. The SMILES string of the molecule is C=C(C(=C)C(=O)OCC(CC)CCCC)C(=O)OC. The van der Waals surface area contributed by atoms with E-state index in [-0.39, 0.29) is 11.1 Å². The van der Waals surface area contributed by atoms with Crippen LogP contribution in [0.3, 0.4) is 0 Å². The van der Waals surface area contributed by atoms with Crippen molar-refractivity contribution in [2.24, 2.45) is 5.92 Å². The summed E-state index contributed by atoms with van der Waals surface area (Å²) in [4.78, 5) is 22.9. The van der Waals surface area contributed by atoms with Gasteiger partial charge in [-0.25, -0.2) is 9.59 Å². The van der Waals surface area contributed by atoms with Crippen molar-refractivity contribution < 1.29 is 19.1 Å². The van der Waals surface area contributed by atoms with Gasteiger partial charge in [-0.05, 0) is 12.3 Å². The van der Waals surface area contributed by atoms with Crippen molar-refractivity contribution in [3.8, 4) is 0 Å². The third-order valence-electron chi connectivity index (χ3n) is 3.04. The molecule has 1 unspecified atom stereocenters. The second kappa shape index (κ2) is 9.36. The number of methoxy groups -OCH3 is 1. The van der Waals surface area contributed by atoms with Crippen LogP contribution in [0.15, 0.2) is 24.3 Å². The first-order chi connectivity index (χ1) is 8.97. The molecule has 0 rings (SSSR count). The van der Waals surface area contributed by atoms with E-state index < -0.39 is 11.9 Å². The Hall–Kier alpha value is -1.58. The molecule has 4 nitrogen and oxygen atoms in total. The molecular weight excluding hydrogens is 244 g/mol. The highest BCUT2D eigenvalue weighted by molar-refractivity contribution is 6.05. The molecule has 4 heteroatoms. The molecule has 0 radical (unpaired) electrons. The van der Waals surface area contributed by atoms with Crippen LogP contribution in [0.4, 0.5) is 0 Å². The van der Waals surface area contributed by atoms with Gasteiger partial charge in [0.15, 0.2) is 0 Å². The van der Waals surface area contributed by atoms with E-state index in [0.29, 0.717) is 12.5 Å². The lowest BCUT2D eigenvalue weighted by Crippen LogP contribution is -2.18. The summed E-state index contributed by atoms with van der Waals surface area (Å²) in [6.07, 6.45) is 4.23. The molecule has 0 aromatic heterocycles. The fraction of sp³-hybridized carbons (Fsp3) is 0.600. The summed E-state index contributed by atoms with van der Waals surface area (Å²) in [6, 6.07) is 0. The van der Waals surface area contributed by atoms with Gasteiger partial charge in [0.1, 0.15) is 0 Å². The molecule has 0 aliphatic heterocycles. The van der Waals surface area contributed by atoms with E-state index in [4.69, 9.17) is 4.74 Å². The second-order valence-electron chi connectivity index (χ2n) is 4.46. The largest absolute Gasteiger partial charge is 0.465 e. The van der Waals surface area contributed by atoms with E-state index in [9.17, 15) is 9.59 Å². The number of unbranched alkanes of at least 4 members (excludes halogenated alkanes) is 1. The smallest absolute Gasteiger partial charge is 0.338 e. The maximum atomic E-state index is 11.7. The summed E-state index contributed by atoms with van der Waals surface area (Å²) in [5, 5.41) is 0. The van der Waals surface area contributed by atoms with E-state index in [0.717, 1.165) is 25.7 Å². The number of esters is 2. The molecule has 0 saturated carbocycles. The zero-order valence-electron chi connectivity index (χ0n) is 12.2. The van der Waals surface area contributed by atoms with Crippen molar-refractivity contribution in [3.05, 3.63) is 24.3 Å². The summed E-state index contributed by atoms with van der Waals surface area (Å²) in [6.45, 7) is 11.5. The minimum absolute atomic E-state index is 0.0443. The van der Waals surface area contributed by atoms with E-state index >= 15 is 0 Å². The molecule has 0 aliphatic rings. The molecule has 0 spiro atoms. The van der Waals surface area contributed by atoms with Crippen molar-refractivity contribution >= 4 is 11.9 Å². The zero-order chi connectivity index (χ0) is 14.8. The van der Waals surface area contributed by atoms with Crippen LogP contribution in [0.2, 0.25) is 0 Å². The van der Waals surface area contributed by atoms with E-state index in [1.807, 2.05) is 0 Å². The van der Waals surface area contributed by atoms with Crippen LogP contribution in [-0.2, 0) is 19.1 Å². The Kier molecular flexibility index (Phi) is 8.58. The molecule has 0 bridgehead atoms. The van der Waals surface area contributed by atoms with Crippen molar-refractivity contribution in [2.75, 3.05) is 13.7 Å². The lowest BCUT2D eigenvalue weighted by atomic mass is 10.0. The maximum absolute atomic E-state index is 11.7. The molecule has 0 heterocycles. The van der Waals surface area contributed by atoms with Gasteiger partial charge in [0, 0.05) is 0 Å². The highest BCUT2D eigenvalue weighted by Gasteiger charge is 2.19. The summed E-state index contributed by atoms with van der Waals surface area (Å²) in [5.41, 5.74) is -0.105. The molecule has 0 N–H and O–H groups in total. The molecular formula is C15H24O4. The maximum Gasteiger partial charge on any atom is 0.338 e. The first-order valence-electron chi connectivity index (χ1n) is 6.61. The molecule has 0 aromatic rings. The van der Waals surface area contributed by atoms with Crippen LogP contribution in [-0.4, -0.2) is 25.7 Å². The summed E-state index contributed by atoms with van der Waals surface area (Å²) < 4.78 is 9.64. The summed E-state index contributed by atoms with van der Waals surface area (Å²) in [7, 11) is 1.23. The predicted octanol–water partition coefficient (Wildman–Crippen LogP) is 3.03. The first kappa shape index (κ1) is 17.4. The third-order valence-corrected chi connectivity index (χ3v) is 3.04. The molecule has 19 heavy (non-hydrogen) atoms. The van der Waals surface area contributed by atoms with E-state index in [1.165, 1.54) is 7.11 Å². The van der Waals surface area contributed by atoms with E-state index in [1.54, 1.807) is 0 Å². The summed E-state index contributed by atoms with van der Waals surface area (Å²) in [5.74, 6) is -0.923. The molecule has 0 aromatic carbocycles. The van der Waals surface area contributed by atoms with Crippen LogP contribution >= 0.6 is 0 Å². The van der Waals surface area contributed by atoms with Crippen molar-refractivity contribution in [1.82, 2.24) is 0 Å². The fourth-order valence-electron chi connectivity index (χ4n) is 1.55. The number of carbonyl (C=O) groups is 2. The quantitative estimate of drug-likeness (QED) is 0.366. The number of carbonyl (C=O) groups excluding carboxylic acids is 2. The monoisotopic (exact) mass is 268 g/mol. The number of hydrogen-bond donors (Lipinski definition) is 0. The van der Waals surface area contributed by atoms with Crippen molar-refractivity contribution in [3.63, 3.8) is 0 Å². The Morgan fingerprint density at radius 3 is 2.16 bits per heavy atom. The minimum Gasteiger partial charge on any atom is -0.465 e. The Bertz CT molecular complexity index is 344. The van der Waals surface area contributed by atoms with Gasteiger partial charge in [-0.15, -0.1) is 0 Å². The molecule has 0 amide bonds. The Balaban J connectivity index is 4.26.